The summed E-state index contributed by atoms with van der Waals surface area (Å²) < 4.78 is 1.74. The molecule has 0 saturated heterocycles. The molecule has 0 aliphatic heterocycles. The third kappa shape index (κ3) is 4.68. The lowest BCUT2D eigenvalue weighted by atomic mass is 10.2. The number of benzene rings is 1. The lowest BCUT2D eigenvalue weighted by Crippen LogP contribution is -2.43. The van der Waals surface area contributed by atoms with Crippen LogP contribution in [0.15, 0.2) is 34.2 Å². The molecule has 1 heterocycles. The summed E-state index contributed by atoms with van der Waals surface area (Å²) in [5, 5.41) is 6.03. The number of hydrogen-bond donors (Lipinski definition) is 2. The molecule has 2 aromatic rings. The predicted octanol–water partition coefficient (Wildman–Crippen LogP) is 2.84. The van der Waals surface area contributed by atoms with Crippen molar-refractivity contribution < 1.29 is 9.59 Å². The molecule has 2 N–H and O–H groups in total. The largest absolute Gasteiger partial charge is 0.336 e. The first-order chi connectivity index (χ1) is 13.0. The van der Waals surface area contributed by atoms with Crippen molar-refractivity contribution in [2.24, 2.45) is 0 Å². The first kappa shape index (κ1) is 19.4. The van der Waals surface area contributed by atoms with Crippen LogP contribution in [0.5, 0.6) is 0 Å². The first-order valence-electron chi connectivity index (χ1n) is 9.20. The minimum Gasteiger partial charge on any atom is -0.336 e. The van der Waals surface area contributed by atoms with Gasteiger partial charge in [0.15, 0.2) is 5.16 Å². The van der Waals surface area contributed by atoms with Gasteiger partial charge in [-0.25, -0.2) is 9.78 Å². The van der Waals surface area contributed by atoms with E-state index in [4.69, 9.17) is 0 Å². The highest BCUT2D eigenvalue weighted by Gasteiger charge is 2.23. The molecule has 8 heteroatoms. The summed E-state index contributed by atoms with van der Waals surface area (Å²) >= 11 is 1.19. The van der Waals surface area contributed by atoms with Gasteiger partial charge in [-0.2, -0.15) is 0 Å². The minimum atomic E-state index is -0.518. The van der Waals surface area contributed by atoms with Gasteiger partial charge in [0, 0.05) is 12.1 Å². The summed E-state index contributed by atoms with van der Waals surface area (Å²) in [6.45, 7) is 3.64. The SMILES string of the molecule is CC(C)NC(=O)NC(=O)CSc1nc2ccccc2c(=O)n1C1CCCC1. The Balaban J connectivity index is 1.82. The molecule has 0 radical (unpaired) electrons. The molecule has 1 aliphatic carbocycles. The van der Waals surface area contributed by atoms with Gasteiger partial charge < -0.3 is 5.32 Å². The van der Waals surface area contributed by atoms with E-state index >= 15 is 0 Å². The van der Waals surface area contributed by atoms with Gasteiger partial charge in [0.25, 0.3) is 5.56 Å². The fourth-order valence-electron chi connectivity index (χ4n) is 3.30. The van der Waals surface area contributed by atoms with Crippen molar-refractivity contribution in [1.82, 2.24) is 20.2 Å². The fraction of sp³-hybridized carbons (Fsp3) is 0.474. The molecule has 3 amide bonds. The number of amides is 3. The topological polar surface area (TPSA) is 93.1 Å². The lowest BCUT2D eigenvalue weighted by Gasteiger charge is -2.18. The van der Waals surface area contributed by atoms with E-state index in [1.807, 2.05) is 26.0 Å². The molecule has 1 fully saturated rings. The van der Waals surface area contributed by atoms with Crippen molar-refractivity contribution in [3.63, 3.8) is 0 Å². The number of rotatable bonds is 5. The summed E-state index contributed by atoms with van der Waals surface area (Å²) in [6, 6.07) is 6.80. The van der Waals surface area contributed by atoms with Gasteiger partial charge in [-0.1, -0.05) is 36.7 Å². The van der Waals surface area contributed by atoms with Crippen LogP contribution in [0.3, 0.4) is 0 Å². The number of aromatic nitrogens is 2. The molecule has 3 rings (SSSR count). The van der Waals surface area contributed by atoms with Crippen molar-refractivity contribution in [3.8, 4) is 0 Å². The van der Waals surface area contributed by atoms with Crippen molar-refractivity contribution in [2.75, 3.05) is 5.75 Å². The maximum Gasteiger partial charge on any atom is 0.321 e. The van der Waals surface area contributed by atoms with Gasteiger partial charge in [-0.05, 0) is 38.8 Å². The zero-order valence-electron chi connectivity index (χ0n) is 15.5. The third-order valence-corrected chi connectivity index (χ3v) is 5.42. The molecule has 0 atom stereocenters. The van der Waals surface area contributed by atoms with E-state index < -0.39 is 11.9 Å². The Morgan fingerprint density at radius 3 is 2.67 bits per heavy atom. The second-order valence-corrected chi connectivity index (χ2v) is 7.93. The highest BCUT2D eigenvalue weighted by molar-refractivity contribution is 7.99. The van der Waals surface area contributed by atoms with Crippen molar-refractivity contribution >= 4 is 34.6 Å². The molecule has 1 saturated carbocycles. The quantitative estimate of drug-likeness (QED) is 0.607. The number of para-hydroxylation sites is 1. The van der Waals surface area contributed by atoms with E-state index in [-0.39, 0.29) is 23.4 Å². The zero-order valence-corrected chi connectivity index (χ0v) is 16.3. The Morgan fingerprint density at radius 2 is 1.96 bits per heavy atom. The number of thioether (sulfide) groups is 1. The monoisotopic (exact) mass is 388 g/mol. The molecular formula is C19H24N4O3S. The first-order valence-corrected chi connectivity index (χ1v) is 10.2. The molecule has 0 unspecified atom stereocenters. The summed E-state index contributed by atoms with van der Waals surface area (Å²) in [5.41, 5.74) is 0.560. The smallest absolute Gasteiger partial charge is 0.321 e. The number of nitrogens with one attached hydrogen (secondary N) is 2. The number of nitrogens with zero attached hydrogens (tertiary/aromatic N) is 2. The van der Waals surface area contributed by atoms with Gasteiger partial charge in [0.1, 0.15) is 0 Å². The number of imide groups is 1. The summed E-state index contributed by atoms with van der Waals surface area (Å²) in [4.78, 5) is 41.4. The van der Waals surface area contributed by atoms with Crippen molar-refractivity contribution in [3.05, 3.63) is 34.6 Å². The number of carbonyl (C=O) groups is 2. The molecule has 7 nitrogen and oxygen atoms in total. The molecule has 0 spiro atoms. The van der Waals surface area contributed by atoms with Crippen LogP contribution in [0.4, 0.5) is 4.79 Å². The van der Waals surface area contributed by atoms with Gasteiger partial charge in [0.05, 0.1) is 16.7 Å². The van der Waals surface area contributed by atoms with E-state index in [1.165, 1.54) is 11.8 Å². The van der Waals surface area contributed by atoms with E-state index in [9.17, 15) is 14.4 Å². The number of hydrogen-bond acceptors (Lipinski definition) is 5. The molecule has 1 aromatic heterocycles. The van der Waals surface area contributed by atoms with E-state index in [0.29, 0.717) is 16.1 Å². The maximum absolute atomic E-state index is 13.0. The Morgan fingerprint density at radius 1 is 1.26 bits per heavy atom. The Labute approximate surface area is 161 Å². The second-order valence-electron chi connectivity index (χ2n) is 6.99. The highest BCUT2D eigenvalue weighted by Crippen LogP contribution is 2.32. The summed E-state index contributed by atoms with van der Waals surface area (Å²) in [5.74, 6) is -0.401. The second kappa shape index (κ2) is 8.56. The van der Waals surface area contributed by atoms with Gasteiger partial charge in [-0.3, -0.25) is 19.5 Å². The number of fused-ring (bicyclic) bond motifs is 1. The average molecular weight is 388 g/mol. The minimum absolute atomic E-state index is 0.0169. The van der Waals surface area contributed by atoms with Crippen LogP contribution < -0.4 is 16.2 Å². The summed E-state index contributed by atoms with van der Waals surface area (Å²) in [7, 11) is 0. The van der Waals surface area contributed by atoms with Crippen LogP contribution in [-0.4, -0.2) is 33.3 Å². The zero-order chi connectivity index (χ0) is 19.4. The number of carbonyl (C=O) groups excluding carboxylic acids is 2. The van der Waals surface area contributed by atoms with Crippen molar-refractivity contribution in [2.45, 2.75) is 56.8 Å². The summed E-state index contributed by atoms with van der Waals surface area (Å²) in [6.07, 6.45) is 4.06. The molecule has 1 aromatic carbocycles. The predicted molar refractivity (Wildman–Crippen MR) is 106 cm³/mol. The third-order valence-electron chi connectivity index (χ3n) is 4.47. The van der Waals surface area contributed by atoms with Crippen LogP contribution in [0, 0.1) is 0 Å². The van der Waals surface area contributed by atoms with Crippen LogP contribution in [0.2, 0.25) is 0 Å². The molecule has 144 valence electrons. The molecular weight excluding hydrogens is 364 g/mol. The Hall–Kier alpha value is -2.35. The fourth-order valence-corrected chi connectivity index (χ4v) is 4.17. The average Bonchev–Trinajstić information content (AvgIpc) is 3.13. The van der Waals surface area contributed by atoms with E-state index in [2.05, 4.69) is 15.6 Å². The van der Waals surface area contributed by atoms with E-state index in [0.717, 1.165) is 25.7 Å². The van der Waals surface area contributed by atoms with Crippen LogP contribution >= 0.6 is 11.8 Å². The Kier molecular flexibility index (Phi) is 6.15. The Bertz CT molecular complexity index is 903. The highest BCUT2D eigenvalue weighted by atomic mass is 32.2. The number of urea groups is 1. The van der Waals surface area contributed by atoms with Gasteiger partial charge in [-0.15, -0.1) is 0 Å². The van der Waals surface area contributed by atoms with Crippen LogP contribution in [-0.2, 0) is 4.79 Å². The van der Waals surface area contributed by atoms with Crippen LogP contribution in [0.25, 0.3) is 10.9 Å². The normalized spacial score (nSPS) is 14.6. The maximum atomic E-state index is 13.0. The van der Waals surface area contributed by atoms with Crippen LogP contribution in [0.1, 0.15) is 45.6 Å². The van der Waals surface area contributed by atoms with Gasteiger partial charge in [0.2, 0.25) is 5.91 Å². The standard InChI is InChI=1S/C19H24N4O3S/c1-12(2)20-18(26)22-16(24)11-27-19-21-15-10-6-5-9-14(15)17(25)23(19)13-7-3-4-8-13/h5-6,9-10,12-13H,3-4,7-8,11H2,1-2H3,(H2,20,22,24,26). The van der Waals surface area contributed by atoms with E-state index in [1.54, 1.807) is 16.7 Å². The molecule has 1 aliphatic rings. The lowest BCUT2D eigenvalue weighted by molar-refractivity contribution is -0.117. The molecule has 27 heavy (non-hydrogen) atoms. The molecule has 0 bridgehead atoms. The van der Waals surface area contributed by atoms with Crippen molar-refractivity contribution in [1.29, 1.82) is 0 Å². The van der Waals surface area contributed by atoms with Gasteiger partial charge >= 0.3 is 6.03 Å².